The molecular weight excluding hydrogens is 264 g/mol. The molecule has 0 aliphatic rings. The molecule has 5 heteroatoms. The molecule has 0 saturated carbocycles. The molecule has 88 valence electrons. The minimum atomic E-state index is -0.779. The van der Waals surface area contributed by atoms with Crippen LogP contribution in [0.25, 0.3) is 0 Å². The molecule has 4 nitrogen and oxygen atoms in total. The summed E-state index contributed by atoms with van der Waals surface area (Å²) in [7, 11) is 0. The second-order valence-electron chi connectivity index (χ2n) is 3.38. The van der Waals surface area contributed by atoms with E-state index in [1.807, 2.05) is 6.92 Å². The molecule has 0 radical (unpaired) electrons. The van der Waals surface area contributed by atoms with Crippen molar-refractivity contribution in [2.75, 3.05) is 5.33 Å². The van der Waals surface area contributed by atoms with Crippen molar-refractivity contribution in [2.24, 2.45) is 0 Å². The third-order valence-electron chi connectivity index (χ3n) is 1.88. The zero-order chi connectivity index (χ0) is 11.7. The summed E-state index contributed by atoms with van der Waals surface area (Å²) in [4.78, 5) is 21.3. The van der Waals surface area contributed by atoms with Gasteiger partial charge in [-0.15, -0.1) is 0 Å². The molecule has 0 aromatic rings. The molecule has 0 aromatic carbocycles. The molecule has 0 amide bonds. The van der Waals surface area contributed by atoms with E-state index in [1.165, 1.54) is 0 Å². The van der Waals surface area contributed by atoms with Crippen LogP contribution in [0.15, 0.2) is 0 Å². The first-order chi connectivity index (χ1) is 7.06. The minimum Gasteiger partial charge on any atom is -0.481 e. The SMILES string of the molecule is CC(CCCCC(=O)O)OC(=O)CCBr. The third kappa shape index (κ3) is 9.72. The average Bonchev–Trinajstić information content (AvgIpc) is 2.12. The van der Waals surface area contributed by atoms with Crippen LogP contribution in [-0.2, 0) is 14.3 Å². The second-order valence-corrected chi connectivity index (χ2v) is 4.17. The zero-order valence-corrected chi connectivity index (χ0v) is 10.5. The number of hydrogen-bond donors (Lipinski definition) is 1. The van der Waals surface area contributed by atoms with Crippen molar-refractivity contribution in [3.63, 3.8) is 0 Å². The van der Waals surface area contributed by atoms with Gasteiger partial charge in [0.25, 0.3) is 0 Å². The van der Waals surface area contributed by atoms with E-state index in [0.717, 1.165) is 12.8 Å². The molecule has 1 atom stereocenters. The van der Waals surface area contributed by atoms with Crippen LogP contribution in [0.4, 0.5) is 0 Å². The second kappa shape index (κ2) is 8.71. The largest absolute Gasteiger partial charge is 0.481 e. The van der Waals surface area contributed by atoms with Gasteiger partial charge in [-0.05, 0) is 26.2 Å². The lowest BCUT2D eigenvalue weighted by molar-refractivity contribution is -0.148. The fourth-order valence-electron chi connectivity index (χ4n) is 1.13. The van der Waals surface area contributed by atoms with Crippen LogP contribution in [0.2, 0.25) is 0 Å². The minimum absolute atomic E-state index is 0.120. The molecule has 0 aliphatic carbocycles. The van der Waals surface area contributed by atoms with Crippen molar-refractivity contribution in [3.8, 4) is 0 Å². The molecule has 0 heterocycles. The van der Waals surface area contributed by atoms with E-state index in [-0.39, 0.29) is 18.5 Å². The Balaban J connectivity index is 3.44. The number of alkyl halides is 1. The Morgan fingerprint density at radius 1 is 1.33 bits per heavy atom. The lowest BCUT2D eigenvalue weighted by Crippen LogP contribution is -2.15. The number of carbonyl (C=O) groups is 2. The molecule has 0 rings (SSSR count). The molecule has 1 N–H and O–H groups in total. The predicted molar refractivity (Wildman–Crippen MR) is 60.1 cm³/mol. The number of hydrogen-bond acceptors (Lipinski definition) is 3. The number of carboxylic acid groups (broad SMARTS) is 1. The lowest BCUT2D eigenvalue weighted by Gasteiger charge is -2.12. The van der Waals surface area contributed by atoms with E-state index in [9.17, 15) is 9.59 Å². The summed E-state index contributed by atoms with van der Waals surface area (Å²) in [5, 5.41) is 9.01. The Morgan fingerprint density at radius 3 is 2.53 bits per heavy atom. The van der Waals surface area contributed by atoms with Crippen molar-refractivity contribution in [1.82, 2.24) is 0 Å². The summed E-state index contributed by atoms with van der Waals surface area (Å²) in [5.41, 5.74) is 0. The van der Waals surface area contributed by atoms with Crippen molar-refractivity contribution < 1.29 is 19.4 Å². The third-order valence-corrected chi connectivity index (χ3v) is 2.28. The van der Waals surface area contributed by atoms with E-state index in [4.69, 9.17) is 9.84 Å². The fraction of sp³-hybridized carbons (Fsp3) is 0.800. The van der Waals surface area contributed by atoms with Gasteiger partial charge in [0.2, 0.25) is 0 Å². The molecular formula is C10H17BrO4. The summed E-state index contributed by atoms with van der Waals surface area (Å²) in [6.45, 7) is 1.83. The lowest BCUT2D eigenvalue weighted by atomic mass is 10.1. The first-order valence-electron chi connectivity index (χ1n) is 5.03. The Hall–Kier alpha value is -0.580. The highest BCUT2D eigenvalue weighted by atomic mass is 79.9. The normalized spacial score (nSPS) is 12.1. The maximum Gasteiger partial charge on any atom is 0.306 e. The smallest absolute Gasteiger partial charge is 0.306 e. The van der Waals surface area contributed by atoms with Crippen molar-refractivity contribution in [1.29, 1.82) is 0 Å². The molecule has 0 aromatic heterocycles. The summed E-state index contributed by atoms with van der Waals surface area (Å²) in [5.74, 6) is -0.989. The summed E-state index contributed by atoms with van der Waals surface area (Å²) >= 11 is 3.15. The van der Waals surface area contributed by atoms with Gasteiger partial charge in [-0.3, -0.25) is 9.59 Å². The monoisotopic (exact) mass is 280 g/mol. The van der Waals surface area contributed by atoms with Crippen LogP contribution in [0.5, 0.6) is 0 Å². The predicted octanol–water partition coefficient (Wildman–Crippen LogP) is 2.35. The highest BCUT2D eigenvalue weighted by Gasteiger charge is 2.08. The first-order valence-corrected chi connectivity index (χ1v) is 6.15. The average molecular weight is 281 g/mol. The zero-order valence-electron chi connectivity index (χ0n) is 8.87. The molecule has 0 aliphatic heterocycles. The highest BCUT2D eigenvalue weighted by molar-refractivity contribution is 9.09. The van der Waals surface area contributed by atoms with Gasteiger partial charge in [-0.25, -0.2) is 0 Å². The number of carboxylic acids is 1. The molecule has 1 unspecified atom stereocenters. The van der Waals surface area contributed by atoms with E-state index >= 15 is 0 Å². The van der Waals surface area contributed by atoms with Gasteiger partial charge in [0, 0.05) is 11.8 Å². The standard InChI is InChI=1S/C10H17BrO4/c1-8(15-10(14)6-7-11)4-2-3-5-9(12)13/h8H,2-7H2,1H3,(H,12,13). The van der Waals surface area contributed by atoms with Gasteiger partial charge in [-0.1, -0.05) is 15.9 Å². The summed E-state index contributed by atoms with van der Waals surface area (Å²) < 4.78 is 5.08. The number of rotatable bonds is 8. The topological polar surface area (TPSA) is 63.6 Å². The number of unbranched alkanes of at least 4 members (excludes halogenated alkanes) is 1. The van der Waals surface area contributed by atoms with Crippen LogP contribution < -0.4 is 0 Å². The molecule has 0 bridgehead atoms. The number of esters is 1. The number of halogens is 1. The van der Waals surface area contributed by atoms with Gasteiger partial charge in [0.1, 0.15) is 0 Å². The van der Waals surface area contributed by atoms with Gasteiger partial charge in [0.15, 0.2) is 0 Å². The van der Waals surface area contributed by atoms with E-state index in [0.29, 0.717) is 18.2 Å². The number of carbonyl (C=O) groups excluding carboxylic acids is 1. The summed E-state index contributed by atoms with van der Waals surface area (Å²) in [6.07, 6.45) is 2.57. The van der Waals surface area contributed by atoms with Crippen molar-refractivity contribution >= 4 is 27.9 Å². The van der Waals surface area contributed by atoms with Crippen LogP contribution >= 0.6 is 15.9 Å². The van der Waals surface area contributed by atoms with Crippen LogP contribution in [-0.4, -0.2) is 28.5 Å². The highest BCUT2D eigenvalue weighted by Crippen LogP contribution is 2.07. The molecule has 0 spiro atoms. The number of aliphatic carboxylic acids is 1. The Morgan fingerprint density at radius 2 is 2.00 bits per heavy atom. The van der Waals surface area contributed by atoms with Crippen molar-refractivity contribution in [3.05, 3.63) is 0 Å². The van der Waals surface area contributed by atoms with Crippen LogP contribution in [0.1, 0.15) is 39.0 Å². The van der Waals surface area contributed by atoms with E-state index in [1.54, 1.807) is 0 Å². The molecule has 0 fully saturated rings. The van der Waals surface area contributed by atoms with Gasteiger partial charge in [-0.2, -0.15) is 0 Å². The van der Waals surface area contributed by atoms with E-state index < -0.39 is 5.97 Å². The van der Waals surface area contributed by atoms with Gasteiger partial charge >= 0.3 is 11.9 Å². The van der Waals surface area contributed by atoms with Gasteiger partial charge in [0.05, 0.1) is 12.5 Å². The van der Waals surface area contributed by atoms with E-state index in [2.05, 4.69) is 15.9 Å². The maximum absolute atomic E-state index is 11.0. The fourth-order valence-corrected chi connectivity index (χ4v) is 1.45. The molecule has 0 saturated heterocycles. The quantitative estimate of drug-likeness (QED) is 0.421. The number of ether oxygens (including phenoxy) is 1. The van der Waals surface area contributed by atoms with Crippen molar-refractivity contribution in [2.45, 2.75) is 45.1 Å². The Bertz CT molecular complexity index is 206. The Labute approximate surface area is 98.1 Å². The summed E-state index contributed by atoms with van der Waals surface area (Å²) in [6, 6.07) is 0. The van der Waals surface area contributed by atoms with Crippen LogP contribution in [0, 0.1) is 0 Å². The van der Waals surface area contributed by atoms with Gasteiger partial charge < -0.3 is 9.84 Å². The Kier molecular flexibility index (Phi) is 8.37. The first kappa shape index (κ1) is 14.4. The maximum atomic E-state index is 11.0. The van der Waals surface area contributed by atoms with Crippen LogP contribution in [0.3, 0.4) is 0 Å². The molecule has 15 heavy (non-hydrogen) atoms.